The number of sulfonamides is 1. The predicted molar refractivity (Wildman–Crippen MR) is 78.0 cm³/mol. The van der Waals surface area contributed by atoms with E-state index >= 15 is 0 Å². The molecule has 0 aliphatic carbocycles. The van der Waals surface area contributed by atoms with E-state index in [9.17, 15) is 21.6 Å². The van der Waals surface area contributed by atoms with Gasteiger partial charge < -0.3 is 0 Å². The van der Waals surface area contributed by atoms with Crippen molar-refractivity contribution in [3.05, 3.63) is 53.7 Å². The highest BCUT2D eigenvalue weighted by molar-refractivity contribution is 7.89. The number of hydrogen-bond acceptors (Lipinski definition) is 3. The van der Waals surface area contributed by atoms with Crippen LogP contribution in [0, 0.1) is 0 Å². The Hall–Kier alpha value is -2.13. The molecule has 1 aromatic heterocycles. The third-order valence-electron chi connectivity index (χ3n) is 3.12. The van der Waals surface area contributed by atoms with Gasteiger partial charge in [0.25, 0.3) is 5.82 Å². The molecular formula is C14H15F3N3O2S+. The Morgan fingerprint density at radius 1 is 1.09 bits per heavy atom. The summed E-state index contributed by atoms with van der Waals surface area (Å²) in [6.07, 6.45) is -2.91. The molecule has 0 aliphatic rings. The molecular weight excluding hydrogens is 331 g/mol. The van der Waals surface area contributed by atoms with Crippen molar-refractivity contribution in [3.8, 4) is 0 Å². The molecule has 0 spiro atoms. The zero-order valence-electron chi connectivity index (χ0n) is 11.9. The van der Waals surface area contributed by atoms with Gasteiger partial charge in [-0.3, -0.25) is 5.32 Å². The van der Waals surface area contributed by atoms with E-state index in [2.05, 4.69) is 10.3 Å². The summed E-state index contributed by atoms with van der Waals surface area (Å²) >= 11 is 0. The lowest BCUT2D eigenvalue weighted by atomic mass is 10.1. The Kier molecular flexibility index (Phi) is 4.90. The van der Waals surface area contributed by atoms with Crippen molar-refractivity contribution in [1.82, 2.24) is 0 Å². The van der Waals surface area contributed by atoms with Crippen molar-refractivity contribution >= 4 is 15.8 Å². The van der Waals surface area contributed by atoms with Crippen molar-refractivity contribution in [2.45, 2.75) is 17.5 Å². The number of hydrogen-bond donors (Lipinski definition) is 2. The Bertz CT molecular complexity index is 757. The number of nitrogens with one attached hydrogen (secondary N) is 2. The monoisotopic (exact) mass is 346 g/mol. The molecule has 9 heteroatoms. The van der Waals surface area contributed by atoms with Crippen LogP contribution in [0.4, 0.5) is 19.0 Å². The Morgan fingerprint density at radius 2 is 1.74 bits per heavy atom. The maximum Gasteiger partial charge on any atom is 0.419 e. The summed E-state index contributed by atoms with van der Waals surface area (Å²) in [5.41, 5.74) is 0.124. The van der Waals surface area contributed by atoms with E-state index < -0.39 is 21.8 Å². The lowest BCUT2D eigenvalue weighted by Crippen LogP contribution is -2.18. The molecule has 0 fully saturated rings. The fourth-order valence-corrected chi connectivity index (χ4v) is 2.41. The highest BCUT2D eigenvalue weighted by atomic mass is 32.2. The van der Waals surface area contributed by atoms with Gasteiger partial charge in [-0.1, -0.05) is 12.1 Å². The first-order chi connectivity index (χ1) is 10.7. The van der Waals surface area contributed by atoms with Gasteiger partial charge in [-0.2, -0.15) is 13.2 Å². The van der Waals surface area contributed by atoms with Gasteiger partial charge in [0.05, 0.1) is 17.0 Å². The van der Waals surface area contributed by atoms with Crippen molar-refractivity contribution in [3.63, 3.8) is 0 Å². The number of nitrogens with two attached hydrogens (primary N) is 1. The summed E-state index contributed by atoms with van der Waals surface area (Å²) in [5.74, 6) is 0.458. The van der Waals surface area contributed by atoms with Crippen LogP contribution >= 0.6 is 0 Å². The SMILES string of the molecule is NS(=O)(=O)c1ccc(CCNc2ccc(C(F)(F)F)c[nH+]2)cc1. The summed E-state index contributed by atoms with van der Waals surface area (Å²) in [6.45, 7) is 0.469. The Balaban J connectivity index is 1.90. The molecule has 4 N–H and O–H groups in total. The summed E-state index contributed by atoms with van der Waals surface area (Å²) in [7, 11) is -3.71. The molecule has 0 amide bonds. The summed E-state index contributed by atoms with van der Waals surface area (Å²) in [4.78, 5) is 2.56. The molecule has 0 aliphatic heterocycles. The van der Waals surface area contributed by atoms with E-state index in [0.717, 1.165) is 17.8 Å². The number of H-pyrrole nitrogens is 1. The van der Waals surface area contributed by atoms with Gasteiger partial charge in [0.15, 0.2) is 0 Å². The molecule has 0 unspecified atom stereocenters. The van der Waals surface area contributed by atoms with E-state index in [1.165, 1.54) is 18.2 Å². The molecule has 0 radical (unpaired) electrons. The van der Waals surface area contributed by atoms with Crippen LogP contribution in [0.1, 0.15) is 11.1 Å². The molecule has 23 heavy (non-hydrogen) atoms. The number of primary sulfonamides is 1. The second kappa shape index (κ2) is 6.55. The normalized spacial score (nSPS) is 12.2. The fraction of sp³-hybridized carbons (Fsp3) is 0.214. The molecule has 1 aromatic carbocycles. The molecule has 5 nitrogen and oxygen atoms in total. The minimum atomic E-state index is -4.37. The van der Waals surface area contributed by atoms with Crippen molar-refractivity contribution < 1.29 is 26.6 Å². The van der Waals surface area contributed by atoms with Gasteiger partial charge in [0.2, 0.25) is 10.0 Å². The second-order valence-corrected chi connectivity index (χ2v) is 6.42. The van der Waals surface area contributed by atoms with Crippen LogP contribution in [0.3, 0.4) is 0 Å². The van der Waals surface area contributed by atoms with Gasteiger partial charge >= 0.3 is 6.18 Å². The lowest BCUT2D eigenvalue weighted by Gasteiger charge is -2.05. The zero-order chi connectivity index (χ0) is 17.1. The molecule has 1 heterocycles. The third kappa shape index (κ3) is 4.93. The summed E-state index contributed by atoms with van der Waals surface area (Å²) in [6, 6.07) is 8.40. The first-order valence-electron chi connectivity index (χ1n) is 6.61. The van der Waals surface area contributed by atoms with Gasteiger partial charge in [-0.25, -0.2) is 18.5 Å². The third-order valence-corrected chi connectivity index (χ3v) is 4.05. The number of halogens is 3. The van der Waals surface area contributed by atoms with Crippen LogP contribution < -0.4 is 15.4 Å². The molecule has 0 saturated carbocycles. The van der Waals surface area contributed by atoms with Crippen LogP contribution in [-0.2, 0) is 22.6 Å². The minimum absolute atomic E-state index is 0.0327. The molecule has 2 rings (SSSR count). The van der Waals surface area contributed by atoms with E-state index in [1.54, 1.807) is 12.1 Å². The fourth-order valence-electron chi connectivity index (χ4n) is 1.90. The molecule has 124 valence electrons. The maximum absolute atomic E-state index is 12.4. The number of aromatic amines is 1. The van der Waals surface area contributed by atoms with Crippen LogP contribution in [-0.4, -0.2) is 15.0 Å². The van der Waals surface area contributed by atoms with Crippen LogP contribution in [0.25, 0.3) is 0 Å². The first kappa shape index (κ1) is 17.2. The highest BCUT2D eigenvalue weighted by Gasteiger charge is 2.31. The van der Waals surface area contributed by atoms with Gasteiger partial charge in [-0.15, -0.1) is 0 Å². The quantitative estimate of drug-likeness (QED) is 0.866. The predicted octanol–water partition coefficient (Wildman–Crippen LogP) is 1.82. The maximum atomic E-state index is 12.4. The van der Waals surface area contributed by atoms with E-state index in [4.69, 9.17) is 5.14 Å². The van der Waals surface area contributed by atoms with Crippen molar-refractivity contribution in [2.24, 2.45) is 5.14 Å². The molecule has 0 atom stereocenters. The number of pyridine rings is 1. The van der Waals surface area contributed by atoms with E-state index in [-0.39, 0.29) is 4.90 Å². The van der Waals surface area contributed by atoms with Gasteiger partial charge in [0.1, 0.15) is 6.20 Å². The standard InChI is InChI=1S/C14H14F3N3O2S/c15-14(16,17)11-3-6-13(20-9-11)19-8-7-10-1-4-12(5-2-10)23(18,21)22/h1-6,9H,7-8H2,(H,19,20)(H2,18,21,22)/p+1. The van der Waals surface area contributed by atoms with Crippen LogP contribution in [0.5, 0.6) is 0 Å². The molecule has 0 bridgehead atoms. The van der Waals surface area contributed by atoms with Crippen molar-refractivity contribution in [1.29, 1.82) is 0 Å². The number of benzene rings is 1. The van der Waals surface area contributed by atoms with Crippen LogP contribution in [0.2, 0.25) is 0 Å². The number of rotatable bonds is 5. The Morgan fingerprint density at radius 3 is 2.22 bits per heavy atom. The number of alkyl halides is 3. The topological polar surface area (TPSA) is 86.3 Å². The summed E-state index contributed by atoms with van der Waals surface area (Å²) < 4.78 is 59.5. The first-order valence-corrected chi connectivity index (χ1v) is 8.15. The number of aromatic nitrogens is 1. The average molecular weight is 346 g/mol. The highest BCUT2D eigenvalue weighted by Crippen LogP contribution is 2.27. The zero-order valence-corrected chi connectivity index (χ0v) is 12.7. The van der Waals surface area contributed by atoms with E-state index in [1.807, 2.05) is 0 Å². The second-order valence-electron chi connectivity index (χ2n) is 4.85. The molecule has 2 aromatic rings. The largest absolute Gasteiger partial charge is 0.419 e. The van der Waals surface area contributed by atoms with Gasteiger partial charge in [0, 0.05) is 12.5 Å². The van der Waals surface area contributed by atoms with Crippen LogP contribution in [0.15, 0.2) is 47.5 Å². The van der Waals surface area contributed by atoms with Gasteiger partial charge in [-0.05, 0) is 23.8 Å². The smallest absolute Gasteiger partial charge is 0.274 e. The Labute approximate surface area is 131 Å². The van der Waals surface area contributed by atoms with E-state index in [0.29, 0.717) is 18.8 Å². The number of anilines is 1. The lowest BCUT2D eigenvalue weighted by molar-refractivity contribution is -0.364. The molecule has 0 saturated heterocycles. The minimum Gasteiger partial charge on any atom is -0.274 e. The summed E-state index contributed by atoms with van der Waals surface area (Å²) in [5, 5.41) is 7.95. The average Bonchev–Trinajstić information content (AvgIpc) is 2.46. The van der Waals surface area contributed by atoms with Crippen molar-refractivity contribution in [2.75, 3.05) is 11.9 Å².